The lowest BCUT2D eigenvalue weighted by molar-refractivity contribution is -0.153. The monoisotopic (exact) mass is 732 g/mol. The van der Waals surface area contributed by atoms with E-state index in [0.29, 0.717) is 23.3 Å². The van der Waals surface area contributed by atoms with E-state index < -0.39 is 34.7 Å². The molecule has 272 valence electrons. The molecular formula is C36H37FN6O8S. The molecule has 2 aromatic heterocycles. The number of anilines is 3. The highest BCUT2D eigenvalue weighted by Gasteiger charge is 2.29. The SMILES string of the molecule is COc1cc(S(C)(=O)=O)ccc1N(C(=O)OCOC(=O)C(N)CC(C)C)c1nc2ccc(-c3ccc(NC(=O)Cc4ccc(F)cc4)cc3)cn2n1. The van der Waals surface area contributed by atoms with Crippen LogP contribution in [0.25, 0.3) is 16.8 Å². The van der Waals surface area contributed by atoms with Gasteiger partial charge in [0.15, 0.2) is 15.5 Å². The van der Waals surface area contributed by atoms with Gasteiger partial charge in [0, 0.05) is 29.8 Å². The molecule has 5 rings (SSSR count). The first kappa shape index (κ1) is 37.4. The van der Waals surface area contributed by atoms with Gasteiger partial charge >= 0.3 is 12.1 Å². The molecule has 1 atom stereocenters. The number of nitrogens with two attached hydrogens (primary N) is 1. The maximum absolute atomic E-state index is 13.6. The minimum Gasteiger partial charge on any atom is -0.495 e. The number of nitrogens with one attached hydrogen (secondary N) is 1. The number of carbonyl (C=O) groups excluding carboxylic acids is 3. The summed E-state index contributed by atoms with van der Waals surface area (Å²) >= 11 is 0. The number of nitrogens with zero attached hydrogens (tertiary/aromatic N) is 4. The van der Waals surface area contributed by atoms with E-state index in [1.54, 1.807) is 54.7 Å². The summed E-state index contributed by atoms with van der Waals surface area (Å²) in [6.45, 7) is 3.04. The predicted octanol–water partition coefficient (Wildman–Crippen LogP) is 5.28. The number of benzene rings is 3. The van der Waals surface area contributed by atoms with Gasteiger partial charge in [-0.15, -0.1) is 5.10 Å². The minimum absolute atomic E-state index is 0.000201. The lowest BCUT2D eigenvalue weighted by Gasteiger charge is -2.21. The fourth-order valence-corrected chi connectivity index (χ4v) is 5.79. The van der Waals surface area contributed by atoms with Crippen LogP contribution in [0.5, 0.6) is 5.75 Å². The van der Waals surface area contributed by atoms with Crippen molar-refractivity contribution in [3.05, 3.63) is 96.4 Å². The normalized spacial score (nSPS) is 12.0. The average molecular weight is 733 g/mol. The van der Waals surface area contributed by atoms with Gasteiger partial charge in [0.25, 0.3) is 5.95 Å². The molecule has 0 bridgehead atoms. The highest BCUT2D eigenvalue weighted by atomic mass is 32.2. The zero-order chi connectivity index (χ0) is 37.6. The maximum atomic E-state index is 13.6. The summed E-state index contributed by atoms with van der Waals surface area (Å²) in [7, 11) is -2.33. The summed E-state index contributed by atoms with van der Waals surface area (Å²) in [5, 5.41) is 7.32. The van der Waals surface area contributed by atoms with Gasteiger partial charge < -0.3 is 25.3 Å². The quantitative estimate of drug-likeness (QED) is 0.119. The molecule has 0 aliphatic rings. The third-order valence-corrected chi connectivity index (χ3v) is 8.82. The van der Waals surface area contributed by atoms with Gasteiger partial charge in [-0.25, -0.2) is 27.0 Å². The standard InChI is InChI=1S/C36H37FN6O8S/c1-22(2)17-29(38)34(45)50-21-51-36(46)43(30-15-14-28(52(4,47)48)19-31(30)49-3)35-40-32-16-9-25(20-42(32)41-35)24-7-12-27(13-8-24)39-33(44)18-23-5-10-26(37)11-6-23/h5-16,19-20,22,29H,17-18,21,38H2,1-4H3,(H,39,44). The summed E-state index contributed by atoms with van der Waals surface area (Å²) in [5.74, 6) is -1.40. The molecule has 0 radical (unpaired) electrons. The molecule has 3 N–H and O–H groups in total. The minimum atomic E-state index is -3.63. The van der Waals surface area contributed by atoms with Crippen LogP contribution < -0.4 is 20.7 Å². The predicted molar refractivity (Wildman–Crippen MR) is 190 cm³/mol. The lowest BCUT2D eigenvalue weighted by atomic mass is 10.1. The Labute approximate surface area is 299 Å². The molecule has 52 heavy (non-hydrogen) atoms. The second-order valence-corrected chi connectivity index (χ2v) is 14.2. The van der Waals surface area contributed by atoms with E-state index in [4.69, 9.17) is 19.9 Å². The first-order chi connectivity index (χ1) is 24.7. The Balaban J connectivity index is 1.39. The number of rotatable bonds is 13. The molecule has 0 saturated heterocycles. The van der Waals surface area contributed by atoms with Crippen molar-refractivity contribution in [2.45, 2.75) is 37.6 Å². The summed E-state index contributed by atoms with van der Waals surface area (Å²) < 4.78 is 54.9. The number of esters is 1. The Morgan fingerprint density at radius 2 is 1.65 bits per heavy atom. The highest BCUT2D eigenvalue weighted by Crippen LogP contribution is 2.35. The number of amides is 2. The van der Waals surface area contributed by atoms with Crippen molar-refractivity contribution >= 4 is 50.8 Å². The van der Waals surface area contributed by atoms with Crippen molar-refractivity contribution in [1.29, 1.82) is 0 Å². The fourth-order valence-electron chi connectivity index (χ4n) is 5.15. The number of sulfone groups is 1. The van der Waals surface area contributed by atoms with Gasteiger partial charge in [-0.1, -0.05) is 38.1 Å². The Morgan fingerprint density at radius 3 is 2.31 bits per heavy atom. The Bertz CT molecular complexity index is 2190. The first-order valence-corrected chi connectivity index (χ1v) is 17.9. The Hall–Kier alpha value is -5.87. The van der Waals surface area contributed by atoms with Crippen LogP contribution in [-0.2, 0) is 35.3 Å². The van der Waals surface area contributed by atoms with E-state index in [9.17, 15) is 27.2 Å². The van der Waals surface area contributed by atoms with Gasteiger partial charge in [-0.05, 0) is 72.0 Å². The van der Waals surface area contributed by atoms with Crippen LogP contribution in [0.3, 0.4) is 0 Å². The molecule has 2 heterocycles. The lowest BCUT2D eigenvalue weighted by Crippen LogP contribution is -2.35. The fraction of sp³-hybridized carbons (Fsp3) is 0.250. The van der Waals surface area contributed by atoms with Crippen LogP contribution in [0.4, 0.5) is 26.5 Å². The number of hydrogen-bond acceptors (Lipinski definition) is 11. The summed E-state index contributed by atoms with van der Waals surface area (Å²) in [5.41, 5.74) is 9.02. The molecule has 0 saturated carbocycles. The van der Waals surface area contributed by atoms with Gasteiger partial charge in [0.1, 0.15) is 17.6 Å². The molecule has 5 aromatic rings. The summed E-state index contributed by atoms with van der Waals surface area (Å²) in [6.07, 6.45) is 2.12. The van der Waals surface area contributed by atoms with Crippen LogP contribution in [0.15, 0.2) is 90.0 Å². The van der Waals surface area contributed by atoms with Crippen molar-refractivity contribution in [2.24, 2.45) is 11.7 Å². The van der Waals surface area contributed by atoms with Crippen LogP contribution in [0.1, 0.15) is 25.8 Å². The van der Waals surface area contributed by atoms with Crippen LogP contribution in [0.2, 0.25) is 0 Å². The third-order valence-electron chi connectivity index (χ3n) is 7.71. The smallest absolute Gasteiger partial charge is 0.424 e. The molecule has 0 spiro atoms. The molecule has 0 fully saturated rings. The molecule has 16 heteroatoms. The van der Waals surface area contributed by atoms with Crippen LogP contribution >= 0.6 is 0 Å². The van der Waals surface area contributed by atoms with E-state index in [1.165, 1.54) is 42.0 Å². The average Bonchev–Trinajstić information content (AvgIpc) is 3.52. The number of fused-ring (bicyclic) bond motifs is 1. The maximum Gasteiger partial charge on any atom is 0.424 e. The topological polar surface area (TPSA) is 185 Å². The number of carbonyl (C=O) groups is 3. The van der Waals surface area contributed by atoms with E-state index >= 15 is 0 Å². The largest absolute Gasteiger partial charge is 0.495 e. The van der Waals surface area contributed by atoms with Crippen molar-refractivity contribution in [1.82, 2.24) is 14.6 Å². The molecular weight excluding hydrogens is 695 g/mol. The van der Waals surface area contributed by atoms with Crippen molar-refractivity contribution < 1.29 is 41.4 Å². The van der Waals surface area contributed by atoms with Crippen molar-refractivity contribution in [2.75, 3.05) is 30.4 Å². The van der Waals surface area contributed by atoms with Gasteiger partial charge in [0.2, 0.25) is 12.7 Å². The number of halogens is 1. The summed E-state index contributed by atoms with van der Waals surface area (Å²) in [6, 6.07) is 19.2. The number of pyridine rings is 1. The van der Waals surface area contributed by atoms with Crippen molar-refractivity contribution in [3.8, 4) is 16.9 Å². The van der Waals surface area contributed by atoms with Crippen molar-refractivity contribution in [3.63, 3.8) is 0 Å². The van der Waals surface area contributed by atoms with Gasteiger partial charge in [0.05, 0.1) is 24.1 Å². The van der Waals surface area contributed by atoms with E-state index in [-0.39, 0.29) is 46.3 Å². The highest BCUT2D eigenvalue weighted by molar-refractivity contribution is 7.90. The number of ether oxygens (including phenoxy) is 3. The first-order valence-electron chi connectivity index (χ1n) is 16.0. The van der Waals surface area contributed by atoms with E-state index in [2.05, 4.69) is 15.4 Å². The molecule has 1 unspecified atom stereocenters. The third kappa shape index (κ3) is 9.26. The molecule has 0 aliphatic heterocycles. The second kappa shape index (κ2) is 16.0. The molecule has 14 nitrogen and oxygen atoms in total. The Morgan fingerprint density at radius 1 is 0.962 bits per heavy atom. The molecule has 3 aromatic carbocycles. The van der Waals surface area contributed by atoms with Gasteiger partial charge in [-0.3, -0.25) is 9.59 Å². The Kier molecular flexibility index (Phi) is 11.5. The second-order valence-electron chi connectivity index (χ2n) is 12.2. The van der Waals surface area contributed by atoms with E-state index in [0.717, 1.165) is 22.3 Å². The number of aromatic nitrogens is 3. The van der Waals surface area contributed by atoms with Gasteiger partial charge in [-0.2, -0.15) is 4.98 Å². The number of hydrogen-bond donors (Lipinski definition) is 2. The molecule has 0 aliphatic carbocycles. The summed E-state index contributed by atoms with van der Waals surface area (Å²) in [4.78, 5) is 43.8. The zero-order valence-electron chi connectivity index (χ0n) is 28.8. The molecule has 2 amide bonds. The van der Waals surface area contributed by atoms with E-state index in [1.807, 2.05) is 13.8 Å². The zero-order valence-corrected chi connectivity index (χ0v) is 29.6. The number of methoxy groups -OCH3 is 1. The van der Waals surface area contributed by atoms with Crippen LogP contribution in [0, 0.1) is 11.7 Å². The van der Waals surface area contributed by atoms with Crippen LogP contribution in [-0.4, -0.2) is 67.2 Å².